The Morgan fingerprint density at radius 2 is 2.00 bits per heavy atom. The highest BCUT2D eigenvalue weighted by Crippen LogP contribution is 2.20. The Hall–Kier alpha value is -1.79. The molecule has 6 nitrogen and oxygen atoms in total. The van der Waals surface area contributed by atoms with Crippen molar-refractivity contribution in [2.24, 2.45) is 0 Å². The normalized spacial score (nSPS) is 22.1. The van der Waals surface area contributed by atoms with Gasteiger partial charge in [-0.15, -0.1) is 0 Å². The lowest BCUT2D eigenvalue weighted by Gasteiger charge is -2.17. The van der Waals surface area contributed by atoms with Crippen molar-refractivity contribution in [2.75, 3.05) is 6.54 Å². The molecule has 7 heteroatoms. The van der Waals surface area contributed by atoms with Crippen LogP contribution in [0.4, 0.5) is 0 Å². The fourth-order valence-corrected chi connectivity index (χ4v) is 2.28. The molecule has 1 fully saturated rings. The predicted octanol–water partition coefficient (Wildman–Crippen LogP) is 1.86. The third kappa shape index (κ3) is 4.61. The summed E-state index contributed by atoms with van der Waals surface area (Å²) in [5.74, 6) is -0.681. The van der Waals surface area contributed by atoms with Gasteiger partial charge in [0.1, 0.15) is 18.0 Å². The van der Waals surface area contributed by atoms with E-state index < -0.39 is 18.2 Å². The van der Waals surface area contributed by atoms with Crippen LogP contribution in [0.5, 0.6) is 5.75 Å². The number of carbonyl (C=O) groups is 2. The van der Waals surface area contributed by atoms with E-state index in [4.69, 9.17) is 26.2 Å². The number of hydrogen-bond donors (Lipinski definition) is 2. The van der Waals surface area contributed by atoms with E-state index in [1.54, 1.807) is 24.3 Å². The van der Waals surface area contributed by atoms with Crippen molar-refractivity contribution >= 4 is 23.5 Å². The zero-order valence-corrected chi connectivity index (χ0v) is 12.9. The summed E-state index contributed by atoms with van der Waals surface area (Å²) in [5, 5.41) is 12.2. The number of ether oxygens (including phenoxy) is 2. The number of rotatable bonds is 6. The van der Waals surface area contributed by atoms with Crippen LogP contribution in [-0.2, 0) is 14.3 Å². The minimum atomic E-state index is -1.03. The highest BCUT2D eigenvalue weighted by atomic mass is 35.5. The maximum Gasteiger partial charge on any atom is 0.332 e. The lowest BCUT2D eigenvalue weighted by atomic mass is 10.2. The monoisotopic (exact) mass is 327 g/mol. The number of halogens is 1. The first kappa shape index (κ1) is 16.6. The van der Waals surface area contributed by atoms with Gasteiger partial charge >= 0.3 is 5.97 Å². The van der Waals surface area contributed by atoms with Gasteiger partial charge in [-0.25, -0.2) is 4.79 Å². The molecule has 2 N–H and O–H groups in total. The molecule has 120 valence electrons. The molecule has 1 saturated heterocycles. The number of amides is 1. The number of hydrogen-bond acceptors (Lipinski definition) is 4. The number of carboxylic acid groups (broad SMARTS) is 1. The fourth-order valence-electron chi connectivity index (χ4n) is 2.16. The zero-order chi connectivity index (χ0) is 16.1. The van der Waals surface area contributed by atoms with Gasteiger partial charge in [0.25, 0.3) is 0 Å². The van der Waals surface area contributed by atoms with Crippen molar-refractivity contribution < 1.29 is 24.2 Å². The predicted molar refractivity (Wildman–Crippen MR) is 80.1 cm³/mol. The Labute approximate surface area is 133 Å². The number of carboxylic acids is 1. The Bertz CT molecular complexity index is 533. The van der Waals surface area contributed by atoms with E-state index in [9.17, 15) is 9.59 Å². The first-order chi connectivity index (χ1) is 10.5. The van der Waals surface area contributed by atoms with E-state index in [-0.39, 0.29) is 12.0 Å². The molecule has 0 spiro atoms. The smallest absolute Gasteiger partial charge is 0.332 e. The number of benzene rings is 1. The summed E-state index contributed by atoms with van der Waals surface area (Å²) in [7, 11) is 0. The molecule has 0 aromatic heterocycles. The van der Waals surface area contributed by atoms with Gasteiger partial charge < -0.3 is 19.9 Å². The van der Waals surface area contributed by atoms with Crippen LogP contribution in [0, 0.1) is 0 Å². The minimum absolute atomic E-state index is 0.234. The lowest BCUT2D eigenvalue weighted by molar-refractivity contribution is -0.151. The van der Waals surface area contributed by atoms with Crippen molar-refractivity contribution in [1.29, 1.82) is 0 Å². The second-order valence-electron chi connectivity index (χ2n) is 5.16. The summed E-state index contributed by atoms with van der Waals surface area (Å²) < 4.78 is 10.8. The van der Waals surface area contributed by atoms with Crippen molar-refractivity contribution in [3.63, 3.8) is 0 Å². The summed E-state index contributed by atoms with van der Waals surface area (Å²) in [4.78, 5) is 22.7. The SMILES string of the molecule is CC(CNC(=O)[C@@H]1CC[C@H](C(=O)O)O1)Oc1ccc(Cl)cc1. The van der Waals surface area contributed by atoms with E-state index in [1.165, 1.54) is 0 Å². The molecule has 2 rings (SSSR count). The first-order valence-electron chi connectivity index (χ1n) is 7.04. The molecule has 1 heterocycles. The highest BCUT2D eigenvalue weighted by molar-refractivity contribution is 6.30. The maximum absolute atomic E-state index is 11.9. The third-order valence-corrected chi connectivity index (χ3v) is 3.55. The fraction of sp³-hybridized carbons (Fsp3) is 0.467. The van der Waals surface area contributed by atoms with Crippen LogP contribution < -0.4 is 10.1 Å². The van der Waals surface area contributed by atoms with Crippen molar-refractivity contribution in [3.05, 3.63) is 29.3 Å². The molecular weight excluding hydrogens is 310 g/mol. The topological polar surface area (TPSA) is 84.9 Å². The average molecular weight is 328 g/mol. The van der Waals surface area contributed by atoms with Gasteiger partial charge in [-0.1, -0.05) is 11.6 Å². The van der Waals surface area contributed by atoms with Gasteiger partial charge in [-0.3, -0.25) is 4.79 Å². The molecule has 0 bridgehead atoms. The van der Waals surface area contributed by atoms with Crippen LogP contribution in [0.1, 0.15) is 19.8 Å². The van der Waals surface area contributed by atoms with E-state index >= 15 is 0 Å². The Balaban J connectivity index is 1.74. The van der Waals surface area contributed by atoms with E-state index in [0.717, 1.165) is 0 Å². The second-order valence-corrected chi connectivity index (χ2v) is 5.59. The van der Waals surface area contributed by atoms with Crippen molar-refractivity contribution in [1.82, 2.24) is 5.32 Å². The van der Waals surface area contributed by atoms with E-state index in [2.05, 4.69) is 5.32 Å². The van der Waals surface area contributed by atoms with Gasteiger partial charge in [-0.2, -0.15) is 0 Å². The lowest BCUT2D eigenvalue weighted by Crippen LogP contribution is -2.40. The van der Waals surface area contributed by atoms with Gasteiger partial charge in [0, 0.05) is 5.02 Å². The molecule has 0 radical (unpaired) electrons. The first-order valence-corrected chi connectivity index (χ1v) is 7.41. The van der Waals surface area contributed by atoms with Gasteiger partial charge in [0.15, 0.2) is 6.10 Å². The van der Waals surface area contributed by atoms with Crippen molar-refractivity contribution in [2.45, 2.75) is 38.1 Å². The van der Waals surface area contributed by atoms with Crippen LogP contribution in [-0.4, -0.2) is 41.8 Å². The quantitative estimate of drug-likeness (QED) is 0.833. The Morgan fingerprint density at radius 3 is 2.59 bits per heavy atom. The standard InChI is InChI=1S/C15H18ClNO5/c1-9(21-11-4-2-10(16)3-5-11)8-17-14(18)12-6-7-13(22-12)15(19)20/h2-5,9,12-13H,6-8H2,1H3,(H,17,18)(H,19,20)/t9?,12-,13+/m0/s1. The van der Waals surface area contributed by atoms with Crippen LogP contribution in [0.15, 0.2) is 24.3 Å². The summed E-state index contributed by atoms with van der Waals surface area (Å²) in [6, 6.07) is 6.94. The minimum Gasteiger partial charge on any atom is -0.489 e. The molecule has 1 aromatic rings. The van der Waals surface area contributed by atoms with E-state index in [0.29, 0.717) is 30.2 Å². The molecule has 1 amide bonds. The molecule has 22 heavy (non-hydrogen) atoms. The highest BCUT2D eigenvalue weighted by Gasteiger charge is 2.34. The molecule has 0 aliphatic carbocycles. The maximum atomic E-state index is 11.9. The third-order valence-electron chi connectivity index (χ3n) is 3.30. The van der Waals surface area contributed by atoms with Crippen LogP contribution in [0.25, 0.3) is 0 Å². The summed E-state index contributed by atoms with van der Waals surface area (Å²) in [6.45, 7) is 2.13. The molecule has 3 atom stereocenters. The molecule has 1 unspecified atom stereocenters. The summed E-state index contributed by atoms with van der Waals surface area (Å²) >= 11 is 5.79. The Kier molecular flexibility index (Phi) is 5.63. The average Bonchev–Trinajstić information content (AvgIpc) is 2.97. The van der Waals surface area contributed by atoms with Crippen LogP contribution in [0.2, 0.25) is 5.02 Å². The second kappa shape index (κ2) is 7.47. The van der Waals surface area contributed by atoms with Gasteiger partial charge in [0.2, 0.25) is 5.91 Å². The summed E-state index contributed by atoms with van der Waals surface area (Å²) in [5.41, 5.74) is 0. The molecule has 1 aliphatic heterocycles. The summed E-state index contributed by atoms with van der Waals surface area (Å²) in [6.07, 6.45) is -1.07. The van der Waals surface area contributed by atoms with Crippen LogP contribution in [0.3, 0.4) is 0 Å². The Morgan fingerprint density at radius 1 is 1.36 bits per heavy atom. The van der Waals surface area contributed by atoms with Crippen molar-refractivity contribution in [3.8, 4) is 5.75 Å². The largest absolute Gasteiger partial charge is 0.489 e. The number of carbonyl (C=O) groups excluding carboxylic acids is 1. The number of nitrogens with one attached hydrogen (secondary N) is 1. The van der Waals surface area contributed by atoms with E-state index in [1.807, 2.05) is 6.92 Å². The molecule has 1 aliphatic rings. The molecular formula is C15H18ClNO5. The van der Waals surface area contributed by atoms with Crippen LogP contribution >= 0.6 is 11.6 Å². The van der Waals surface area contributed by atoms with Gasteiger partial charge in [0.05, 0.1) is 6.54 Å². The molecule has 1 aromatic carbocycles. The zero-order valence-electron chi connectivity index (χ0n) is 12.1. The molecule has 0 saturated carbocycles. The van der Waals surface area contributed by atoms with Gasteiger partial charge in [-0.05, 0) is 44.0 Å². The number of aliphatic carboxylic acids is 1.